The summed E-state index contributed by atoms with van der Waals surface area (Å²) in [5.41, 5.74) is 3.32. The maximum Gasteiger partial charge on any atom is 0.223 e. The quantitative estimate of drug-likeness (QED) is 0.401. The first kappa shape index (κ1) is 19.2. The van der Waals surface area contributed by atoms with Gasteiger partial charge in [-0.1, -0.05) is 23.4 Å². The van der Waals surface area contributed by atoms with E-state index in [1.807, 2.05) is 57.7 Å². The highest BCUT2D eigenvalue weighted by Gasteiger charge is 2.28. The molecule has 164 valence electrons. The van der Waals surface area contributed by atoms with Crippen molar-refractivity contribution in [2.75, 3.05) is 7.11 Å². The normalized spacial score (nSPS) is 11.9. The summed E-state index contributed by atoms with van der Waals surface area (Å²) in [5.74, 6) is 3.81. The molecule has 6 rings (SSSR count). The van der Waals surface area contributed by atoms with Crippen molar-refractivity contribution in [1.82, 2.24) is 34.5 Å². The molecule has 10 heteroatoms. The Morgan fingerprint density at radius 1 is 1.06 bits per heavy atom. The molecule has 5 aromatic rings. The van der Waals surface area contributed by atoms with Crippen LogP contribution in [0, 0.1) is 6.92 Å². The van der Waals surface area contributed by atoms with Crippen LogP contribution < -0.4 is 9.47 Å². The second kappa shape index (κ2) is 7.59. The smallest absolute Gasteiger partial charge is 0.223 e. The van der Waals surface area contributed by atoms with Gasteiger partial charge < -0.3 is 18.6 Å². The van der Waals surface area contributed by atoms with Crippen molar-refractivity contribution in [2.45, 2.75) is 20.1 Å². The number of para-hydroxylation sites is 1. The Morgan fingerprint density at radius 2 is 1.94 bits per heavy atom. The summed E-state index contributed by atoms with van der Waals surface area (Å²) in [6.07, 6.45) is 1.77. The molecule has 2 aromatic carbocycles. The Labute approximate surface area is 188 Å². The van der Waals surface area contributed by atoms with Gasteiger partial charge in [0.1, 0.15) is 30.1 Å². The number of hydrogen-bond donors (Lipinski definition) is 0. The van der Waals surface area contributed by atoms with Gasteiger partial charge in [-0.05, 0) is 30.3 Å². The van der Waals surface area contributed by atoms with Crippen molar-refractivity contribution >= 4 is 0 Å². The molecule has 0 saturated heterocycles. The van der Waals surface area contributed by atoms with E-state index in [4.69, 9.17) is 14.0 Å². The molecule has 1 aliphatic rings. The summed E-state index contributed by atoms with van der Waals surface area (Å²) in [4.78, 5) is 8.98. The van der Waals surface area contributed by atoms with E-state index in [1.165, 1.54) is 0 Å². The zero-order valence-corrected chi connectivity index (χ0v) is 18.0. The van der Waals surface area contributed by atoms with Gasteiger partial charge in [-0.2, -0.15) is 4.98 Å². The minimum Gasteiger partial charge on any atom is -0.497 e. The summed E-state index contributed by atoms with van der Waals surface area (Å²) in [5, 5.41) is 13.0. The van der Waals surface area contributed by atoms with Gasteiger partial charge in [0.25, 0.3) is 0 Å². The van der Waals surface area contributed by atoms with Crippen molar-refractivity contribution in [2.24, 2.45) is 0 Å². The highest BCUT2D eigenvalue weighted by Crippen LogP contribution is 2.36. The van der Waals surface area contributed by atoms with Gasteiger partial charge in [0.05, 0.1) is 25.0 Å². The number of imidazole rings is 1. The Kier molecular flexibility index (Phi) is 4.42. The number of fused-ring (bicyclic) bond motifs is 5. The third-order valence-corrected chi connectivity index (χ3v) is 5.56. The van der Waals surface area contributed by atoms with Gasteiger partial charge in [-0.15, -0.1) is 10.2 Å². The van der Waals surface area contributed by atoms with Crippen LogP contribution in [0.15, 0.2) is 59.4 Å². The molecular formula is C23H19N7O3. The molecule has 4 heterocycles. The van der Waals surface area contributed by atoms with Crippen LogP contribution in [0.3, 0.4) is 0 Å². The van der Waals surface area contributed by atoms with Gasteiger partial charge in [-0.3, -0.25) is 4.57 Å². The van der Waals surface area contributed by atoms with E-state index >= 15 is 0 Å². The third kappa shape index (κ3) is 3.23. The molecule has 0 N–H and O–H groups in total. The van der Waals surface area contributed by atoms with E-state index in [-0.39, 0.29) is 6.61 Å². The molecule has 0 fully saturated rings. The summed E-state index contributed by atoms with van der Waals surface area (Å²) >= 11 is 0. The van der Waals surface area contributed by atoms with Gasteiger partial charge in [0.2, 0.25) is 11.7 Å². The predicted molar refractivity (Wildman–Crippen MR) is 117 cm³/mol. The number of aryl methyl sites for hydroxylation is 1. The van der Waals surface area contributed by atoms with E-state index in [2.05, 4.69) is 25.3 Å². The third-order valence-electron chi connectivity index (χ3n) is 5.56. The van der Waals surface area contributed by atoms with Crippen molar-refractivity contribution < 1.29 is 14.0 Å². The van der Waals surface area contributed by atoms with E-state index in [0.29, 0.717) is 29.8 Å². The molecule has 0 radical (unpaired) electrons. The lowest BCUT2D eigenvalue weighted by Crippen LogP contribution is -2.10. The van der Waals surface area contributed by atoms with Crippen LogP contribution in [0.4, 0.5) is 0 Å². The Morgan fingerprint density at radius 3 is 2.73 bits per heavy atom. The predicted octanol–water partition coefficient (Wildman–Crippen LogP) is 3.44. The minimum atomic E-state index is 0.265. The first-order chi connectivity index (χ1) is 16.2. The zero-order valence-electron chi connectivity index (χ0n) is 18.0. The molecular weight excluding hydrogens is 422 g/mol. The van der Waals surface area contributed by atoms with Crippen LogP contribution in [0.5, 0.6) is 11.5 Å². The standard InChI is InChI=1S/C23H19N7O3/c1-14-25-22(28-33-14)21-19-11-29-20(12-32-15-6-4-3-5-7-15)26-27-23(29)17-10-16(31-2)8-9-18(17)30(19)13-24-21/h3-10,13H,11-12H2,1-2H3. The Bertz CT molecular complexity index is 1450. The molecule has 3 aromatic heterocycles. The minimum absolute atomic E-state index is 0.265. The highest BCUT2D eigenvalue weighted by atomic mass is 16.5. The van der Waals surface area contributed by atoms with E-state index in [1.54, 1.807) is 20.4 Å². The summed E-state index contributed by atoms with van der Waals surface area (Å²) in [6.45, 7) is 2.47. The SMILES string of the molecule is COc1ccc2c(c1)-c1nnc(COc3ccccc3)n1Cc1c(-c3noc(C)n3)ncn1-2. The maximum absolute atomic E-state index is 5.97. The summed E-state index contributed by atoms with van der Waals surface area (Å²) in [7, 11) is 1.64. The van der Waals surface area contributed by atoms with Crippen LogP contribution in [-0.4, -0.2) is 41.6 Å². The lowest BCUT2D eigenvalue weighted by Gasteiger charge is -2.10. The maximum atomic E-state index is 5.97. The van der Waals surface area contributed by atoms with Gasteiger partial charge in [-0.25, -0.2) is 4.98 Å². The number of ether oxygens (including phenoxy) is 2. The average molecular weight is 441 g/mol. The van der Waals surface area contributed by atoms with Gasteiger partial charge >= 0.3 is 0 Å². The van der Waals surface area contributed by atoms with Crippen molar-refractivity contribution in [3.63, 3.8) is 0 Å². The molecule has 0 bridgehead atoms. The number of aromatic nitrogens is 7. The number of methoxy groups -OCH3 is 1. The largest absolute Gasteiger partial charge is 0.497 e. The number of benzene rings is 2. The van der Waals surface area contributed by atoms with Crippen LogP contribution in [0.1, 0.15) is 17.4 Å². The van der Waals surface area contributed by atoms with Gasteiger partial charge in [0.15, 0.2) is 11.6 Å². The fraction of sp³-hybridized carbons (Fsp3) is 0.174. The molecule has 0 spiro atoms. The fourth-order valence-electron chi connectivity index (χ4n) is 3.97. The second-order valence-corrected chi connectivity index (χ2v) is 7.56. The molecule has 0 atom stereocenters. The molecule has 0 amide bonds. The molecule has 33 heavy (non-hydrogen) atoms. The highest BCUT2D eigenvalue weighted by molar-refractivity contribution is 5.72. The zero-order chi connectivity index (χ0) is 22.4. The number of rotatable bonds is 5. The van der Waals surface area contributed by atoms with Crippen LogP contribution in [0.25, 0.3) is 28.6 Å². The Balaban J connectivity index is 1.50. The monoisotopic (exact) mass is 441 g/mol. The van der Waals surface area contributed by atoms with Crippen molar-refractivity contribution in [1.29, 1.82) is 0 Å². The lowest BCUT2D eigenvalue weighted by atomic mass is 10.1. The van der Waals surface area contributed by atoms with Gasteiger partial charge in [0, 0.05) is 12.5 Å². The molecule has 0 aliphatic carbocycles. The molecule has 0 saturated carbocycles. The molecule has 10 nitrogen and oxygen atoms in total. The van der Waals surface area contributed by atoms with Crippen LogP contribution >= 0.6 is 0 Å². The summed E-state index contributed by atoms with van der Waals surface area (Å²) < 4.78 is 20.7. The molecule has 1 aliphatic heterocycles. The molecule has 0 unspecified atom stereocenters. The fourth-order valence-corrected chi connectivity index (χ4v) is 3.97. The first-order valence-electron chi connectivity index (χ1n) is 10.4. The average Bonchev–Trinajstić information content (AvgIpc) is 3.55. The number of hydrogen-bond acceptors (Lipinski definition) is 8. The van der Waals surface area contributed by atoms with Crippen molar-refractivity contribution in [3.8, 4) is 40.1 Å². The van der Waals surface area contributed by atoms with Crippen molar-refractivity contribution in [3.05, 3.63) is 72.3 Å². The van der Waals surface area contributed by atoms with E-state index in [9.17, 15) is 0 Å². The lowest BCUT2D eigenvalue weighted by molar-refractivity contribution is 0.290. The number of nitrogens with zero attached hydrogens (tertiary/aromatic N) is 7. The summed E-state index contributed by atoms with van der Waals surface area (Å²) in [6, 6.07) is 15.5. The second-order valence-electron chi connectivity index (χ2n) is 7.56. The first-order valence-corrected chi connectivity index (χ1v) is 10.4. The van der Waals surface area contributed by atoms with E-state index < -0.39 is 0 Å². The van der Waals surface area contributed by atoms with Crippen LogP contribution in [0.2, 0.25) is 0 Å². The van der Waals surface area contributed by atoms with E-state index in [0.717, 1.165) is 34.3 Å². The van der Waals surface area contributed by atoms with Crippen LogP contribution in [-0.2, 0) is 13.2 Å². The topological polar surface area (TPSA) is 106 Å². The Hall–Kier alpha value is -4.47.